The van der Waals surface area contributed by atoms with E-state index in [2.05, 4.69) is 15.3 Å². The van der Waals surface area contributed by atoms with E-state index in [4.69, 9.17) is 10.2 Å². The quantitative estimate of drug-likeness (QED) is 0.544. The van der Waals surface area contributed by atoms with Crippen LogP contribution in [-0.4, -0.2) is 33.6 Å². The average molecular weight is 366 g/mol. The molecule has 4 N–H and O–H groups in total. The summed E-state index contributed by atoms with van der Waals surface area (Å²) in [5.41, 5.74) is 8.11. The molecule has 138 valence electrons. The third-order valence-electron chi connectivity index (χ3n) is 4.13. The van der Waals surface area contributed by atoms with Crippen molar-refractivity contribution in [3.05, 3.63) is 66.0 Å². The number of Topliss-reactive ketones (excluding diaryl/α,β-unsaturated/α-hetero) is 1. The Morgan fingerprint density at radius 1 is 1.30 bits per heavy atom. The minimum absolute atomic E-state index is 0.0896. The zero-order valence-electron chi connectivity index (χ0n) is 14.6. The number of pyridine rings is 1. The Morgan fingerprint density at radius 3 is 2.74 bits per heavy atom. The van der Waals surface area contributed by atoms with Crippen LogP contribution in [0.15, 0.2) is 53.6 Å². The molecule has 0 radical (unpaired) electrons. The van der Waals surface area contributed by atoms with E-state index in [1.165, 1.54) is 12.5 Å². The standard InChI is InChI=1S/C19H18N4O4/c1-11-16(14-4-2-3-6-21-14)13(9-22-11)19(26)23-15(17(24)18(20)25)8-12-5-7-27-10-12/h2-7,9-10,15,22H,8H2,1H3,(H2,20,25)(H,23,26). The molecule has 3 aromatic rings. The van der Waals surface area contributed by atoms with Gasteiger partial charge in [-0.1, -0.05) is 6.07 Å². The van der Waals surface area contributed by atoms with Crippen LogP contribution >= 0.6 is 0 Å². The molecule has 1 atom stereocenters. The van der Waals surface area contributed by atoms with Crippen LogP contribution in [0.3, 0.4) is 0 Å². The molecule has 0 saturated heterocycles. The van der Waals surface area contributed by atoms with E-state index in [-0.39, 0.29) is 6.42 Å². The van der Waals surface area contributed by atoms with Gasteiger partial charge in [-0.25, -0.2) is 0 Å². The molecule has 8 nitrogen and oxygen atoms in total. The van der Waals surface area contributed by atoms with Crippen molar-refractivity contribution >= 4 is 17.6 Å². The van der Waals surface area contributed by atoms with Crippen molar-refractivity contribution in [2.24, 2.45) is 5.73 Å². The highest BCUT2D eigenvalue weighted by Crippen LogP contribution is 2.25. The topological polar surface area (TPSA) is 131 Å². The van der Waals surface area contributed by atoms with Crippen LogP contribution in [0.25, 0.3) is 11.3 Å². The summed E-state index contributed by atoms with van der Waals surface area (Å²) < 4.78 is 4.97. The molecule has 3 rings (SSSR count). The molecule has 0 saturated carbocycles. The summed E-state index contributed by atoms with van der Waals surface area (Å²) >= 11 is 0. The predicted octanol–water partition coefficient (Wildman–Crippen LogP) is 1.37. The van der Waals surface area contributed by atoms with Crippen LogP contribution < -0.4 is 11.1 Å². The number of rotatable bonds is 7. The molecular weight excluding hydrogens is 348 g/mol. The van der Waals surface area contributed by atoms with Gasteiger partial charge in [-0.2, -0.15) is 0 Å². The van der Waals surface area contributed by atoms with Crippen LogP contribution in [0.1, 0.15) is 21.6 Å². The van der Waals surface area contributed by atoms with Crippen molar-refractivity contribution < 1.29 is 18.8 Å². The predicted molar refractivity (Wildman–Crippen MR) is 96.6 cm³/mol. The molecule has 3 heterocycles. The van der Waals surface area contributed by atoms with Gasteiger partial charge in [0.25, 0.3) is 11.8 Å². The fourth-order valence-corrected chi connectivity index (χ4v) is 2.81. The lowest BCUT2D eigenvalue weighted by molar-refractivity contribution is -0.137. The second-order valence-electron chi connectivity index (χ2n) is 6.01. The molecule has 0 fully saturated rings. The zero-order valence-corrected chi connectivity index (χ0v) is 14.6. The van der Waals surface area contributed by atoms with Gasteiger partial charge in [0.05, 0.1) is 23.8 Å². The van der Waals surface area contributed by atoms with E-state index < -0.39 is 23.6 Å². The normalized spacial score (nSPS) is 11.7. The van der Waals surface area contributed by atoms with Crippen molar-refractivity contribution in [3.8, 4) is 11.3 Å². The highest BCUT2D eigenvalue weighted by molar-refractivity contribution is 6.38. The van der Waals surface area contributed by atoms with E-state index >= 15 is 0 Å². The molecule has 2 amide bonds. The van der Waals surface area contributed by atoms with E-state index in [0.29, 0.717) is 22.4 Å². The Hall–Kier alpha value is -3.68. The Labute approximate surface area is 154 Å². The third kappa shape index (κ3) is 3.95. The van der Waals surface area contributed by atoms with E-state index in [1.807, 2.05) is 13.0 Å². The molecular formula is C19H18N4O4. The number of nitrogens with zero attached hydrogens (tertiary/aromatic N) is 1. The number of ketones is 1. The Morgan fingerprint density at radius 2 is 2.11 bits per heavy atom. The molecule has 0 aliphatic carbocycles. The van der Waals surface area contributed by atoms with Crippen LogP contribution in [0.4, 0.5) is 0 Å². The maximum Gasteiger partial charge on any atom is 0.287 e. The first-order chi connectivity index (χ1) is 13.0. The minimum Gasteiger partial charge on any atom is -0.472 e. The number of aromatic amines is 1. The number of nitrogens with two attached hydrogens (primary N) is 1. The minimum atomic E-state index is -1.11. The summed E-state index contributed by atoms with van der Waals surface area (Å²) in [5, 5.41) is 2.60. The molecule has 8 heteroatoms. The first kappa shape index (κ1) is 18.1. The van der Waals surface area contributed by atoms with Gasteiger partial charge in [-0.15, -0.1) is 0 Å². The summed E-state index contributed by atoms with van der Waals surface area (Å²) in [6, 6.07) is 5.92. The Bertz CT molecular complexity index is 961. The molecule has 3 aromatic heterocycles. The van der Waals surface area contributed by atoms with Crippen molar-refractivity contribution in [1.29, 1.82) is 0 Å². The fraction of sp³-hybridized carbons (Fsp3) is 0.158. The van der Waals surface area contributed by atoms with Crippen LogP contribution in [-0.2, 0) is 16.0 Å². The monoisotopic (exact) mass is 366 g/mol. The highest BCUT2D eigenvalue weighted by Gasteiger charge is 2.28. The highest BCUT2D eigenvalue weighted by atomic mass is 16.3. The van der Waals surface area contributed by atoms with Gasteiger partial charge < -0.3 is 20.5 Å². The number of aryl methyl sites for hydroxylation is 1. The summed E-state index contributed by atoms with van der Waals surface area (Å²) in [7, 11) is 0. The van der Waals surface area contributed by atoms with Crippen molar-refractivity contribution in [1.82, 2.24) is 15.3 Å². The van der Waals surface area contributed by atoms with Crippen molar-refractivity contribution in [3.63, 3.8) is 0 Å². The van der Waals surface area contributed by atoms with Gasteiger partial charge in [-0.05, 0) is 30.7 Å². The zero-order chi connectivity index (χ0) is 19.4. The number of carbonyl (C=O) groups is 3. The number of H-pyrrole nitrogens is 1. The van der Waals surface area contributed by atoms with E-state index in [0.717, 1.165) is 5.69 Å². The van der Waals surface area contributed by atoms with Gasteiger partial charge >= 0.3 is 0 Å². The van der Waals surface area contributed by atoms with Gasteiger partial charge in [-0.3, -0.25) is 19.4 Å². The number of furan rings is 1. The number of carbonyl (C=O) groups excluding carboxylic acids is 3. The molecule has 1 unspecified atom stereocenters. The molecule has 27 heavy (non-hydrogen) atoms. The SMILES string of the molecule is Cc1[nH]cc(C(=O)NC(Cc2ccoc2)C(=O)C(N)=O)c1-c1ccccn1. The summed E-state index contributed by atoms with van der Waals surface area (Å²) in [4.78, 5) is 43.6. The van der Waals surface area contributed by atoms with Crippen LogP contribution in [0.2, 0.25) is 0 Å². The summed E-state index contributed by atoms with van der Waals surface area (Å²) in [6.07, 6.45) is 6.14. The van der Waals surface area contributed by atoms with Crippen molar-refractivity contribution in [2.45, 2.75) is 19.4 Å². The van der Waals surface area contributed by atoms with Crippen LogP contribution in [0, 0.1) is 6.92 Å². The lowest BCUT2D eigenvalue weighted by Gasteiger charge is -2.16. The van der Waals surface area contributed by atoms with Gasteiger partial charge in [0.15, 0.2) is 0 Å². The number of amides is 2. The summed E-state index contributed by atoms with van der Waals surface area (Å²) in [6.45, 7) is 1.82. The van der Waals surface area contributed by atoms with E-state index in [9.17, 15) is 14.4 Å². The second-order valence-corrected chi connectivity index (χ2v) is 6.01. The van der Waals surface area contributed by atoms with Crippen molar-refractivity contribution in [2.75, 3.05) is 0 Å². The molecule has 0 aromatic carbocycles. The number of hydrogen-bond donors (Lipinski definition) is 3. The first-order valence-corrected chi connectivity index (χ1v) is 8.22. The van der Waals surface area contributed by atoms with Crippen LogP contribution in [0.5, 0.6) is 0 Å². The molecule has 0 aliphatic rings. The first-order valence-electron chi connectivity index (χ1n) is 8.22. The smallest absolute Gasteiger partial charge is 0.287 e. The van der Waals surface area contributed by atoms with Gasteiger partial charge in [0, 0.05) is 30.1 Å². The third-order valence-corrected chi connectivity index (χ3v) is 4.13. The number of aromatic nitrogens is 2. The summed E-state index contributed by atoms with van der Waals surface area (Å²) in [5.74, 6) is -2.50. The molecule has 0 aliphatic heterocycles. The number of nitrogens with one attached hydrogen (secondary N) is 2. The average Bonchev–Trinajstić information content (AvgIpc) is 3.30. The fourth-order valence-electron chi connectivity index (χ4n) is 2.81. The molecule has 0 spiro atoms. The maximum atomic E-state index is 12.8. The lowest BCUT2D eigenvalue weighted by atomic mass is 10.0. The van der Waals surface area contributed by atoms with E-state index in [1.54, 1.807) is 30.6 Å². The number of primary amides is 1. The Balaban J connectivity index is 1.88. The Kier molecular flexibility index (Phi) is 5.16. The maximum absolute atomic E-state index is 12.8. The molecule has 0 bridgehead atoms. The number of hydrogen-bond acceptors (Lipinski definition) is 5. The second kappa shape index (κ2) is 7.69. The largest absolute Gasteiger partial charge is 0.472 e. The van der Waals surface area contributed by atoms with Gasteiger partial charge in [0.2, 0.25) is 5.78 Å². The lowest BCUT2D eigenvalue weighted by Crippen LogP contribution is -2.47. The van der Waals surface area contributed by atoms with Gasteiger partial charge in [0.1, 0.15) is 6.04 Å².